The predicted molar refractivity (Wildman–Crippen MR) is 284 cm³/mol. The molecular formula is C53H75N7O17S. The Labute approximate surface area is 457 Å². The van der Waals surface area contributed by atoms with Gasteiger partial charge in [0, 0.05) is 50.3 Å². The molecule has 0 unspecified atom stereocenters. The van der Waals surface area contributed by atoms with Crippen molar-refractivity contribution in [2.75, 3.05) is 12.3 Å². The molecule has 0 radical (unpaired) electrons. The summed E-state index contributed by atoms with van der Waals surface area (Å²) in [7, 11) is 0. The Morgan fingerprint density at radius 2 is 1.21 bits per heavy atom. The fraction of sp³-hybridized carbons (Fsp3) is 0.547. The number of hydrogen-bond donors (Lipinski definition) is 12. The van der Waals surface area contributed by atoms with Gasteiger partial charge in [-0.15, -0.1) is 0 Å². The molecule has 0 saturated heterocycles. The van der Waals surface area contributed by atoms with Crippen molar-refractivity contribution in [1.29, 1.82) is 0 Å². The van der Waals surface area contributed by atoms with Crippen LogP contribution in [0.4, 0.5) is 4.79 Å². The molecule has 2 rings (SSSR count). The van der Waals surface area contributed by atoms with Gasteiger partial charge in [-0.25, -0.2) is 14.4 Å². The molecule has 0 fully saturated rings. The van der Waals surface area contributed by atoms with Gasteiger partial charge in [0.1, 0.15) is 29.4 Å². The highest BCUT2D eigenvalue weighted by Gasteiger charge is 2.38. The molecule has 0 aliphatic rings. The van der Waals surface area contributed by atoms with Crippen LogP contribution >= 0.6 is 12.6 Å². The third-order valence-electron chi connectivity index (χ3n) is 12.7. The van der Waals surface area contributed by atoms with Gasteiger partial charge in [0.2, 0.25) is 23.6 Å². The lowest BCUT2D eigenvalue weighted by Gasteiger charge is -2.32. The summed E-state index contributed by atoms with van der Waals surface area (Å²) in [5.74, 6) is -9.83. The second-order valence-corrected chi connectivity index (χ2v) is 19.7. The Kier molecular flexibility index (Phi) is 30.0. The number of urea groups is 1. The molecule has 0 spiro atoms. The highest BCUT2D eigenvalue weighted by atomic mass is 32.1. The largest absolute Gasteiger partial charge is 0.481 e. The molecule has 0 heterocycles. The van der Waals surface area contributed by atoms with Gasteiger partial charge in [-0.3, -0.25) is 43.2 Å². The predicted octanol–water partition coefficient (Wildman–Crippen LogP) is 2.58. The van der Waals surface area contributed by atoms with E-state index < -0.39 is 108 Å². The lowest BCUT2D eigenvalue weighted by Crippen LogP contribution is -2.60. The summed E-state index contributed by atoms with van der Waals surface area (Å²) in [4.78, 5) is 149. The smallest absolute Gasteiger partial charge is 0.329 e. The van der Waals surface area contributed by atoms with E-state index >= 15 is 0 Å². The van der Waals surface area contributed by atoms with Crippen LogP contribution in [0.25, 0.3) is 0 Å². The highest BCUT2D eigenvalue weighted by Crippen LogP contribution is 2.20. The Hall–Kier alpha value is -7.41. The number of unbranched alkanes of at least 4 members (excludes halogenated alkanes) is 5. The number of rotatable bonds is 41. The summed E-state index contributed by atoms with van der Waals surface area (Å²) in [6.45, 7) is 2.09. The zero-order chi connectivity index (χ0) is 58.3. The molecule has 430 valence electrons. The zero-order valence-corrected chi connectivity index (χ0v) is 44.9. The number of carboxylic acid groups (broad SMARTS) is 4. The summed E-state index contributed by atoms with van der Waals surface area (Å²) in [5, 5.41) is 51.8. The quantitative estimate of drug-likeness (QED) is 0.0197. The van der Waals surface area contributed by atoms with Crippen molar-refractivity contribution >= 4 is 84.2 Å². The van der Waals surface area contributed by atoms with E-state index in [9.17, 15) is 72.9 Å². The topological polar surface area (TPSA) is 393 Å². The molecule has 2 aromatic rings. The summed E-state index contributed by atoms with van der Waals surface area (Å²) < 4.78 is 4.84. The van der Waals surface area contributed by atoms with Crippen LogP contribution in [-0.4, -0.2) is 140 Å². The molecule has 0 bridgehead atoms. The Bertz CT molecular complexity index is 2350. The minimum absolute atomic E-state index is 0.0209. The molecule has 6 amide bonds. The first-order valence-electron chi connectivity index (χ1n) is 25.7. The lowest BCUT2D eigenvalue weighted by molar-refractivity contribution is -0.149. The van der Waals surface area contributed by atoms with Crippen molar-refractivity contribution < 1.29 is 82.7 Å². The SMILES string of the molecule is C[C@@](CCC(=O)O)(NC(=O)N[C@@](C)(CCC(=O)CCCCCCCCC(=O)N[C@@H](Cc1ccccc1)C(=O)CCC[C@@H](Cc1ccccc1)C(=O)NC[C@H](N)C(=O)N[C@@H](CC(=O)O)C(=O)N[C@@H](CS)C(=O)O)C(=O)O)OC=O. The van der Waals surface area contributed by atoms with Crippen LogP contribution < -0.4 is 37.6 Å². The van der Waals surface area contributed by atoms with E-state index in [0.717, 1.165) is 24.0 Å². The number of carbonyl (C=O) groups is 12. The van der Waals surface area contributed by atoms with E-state index in [1.807, 2.05) is 48.5 Å². The maximum absolute atomic E-state index is 13.8. The highest BCUT2D eigenvalue weighted by molar-refractivity contribution is 7.80. The Balaban J connectivity index is 1.91. The summed E-state index contributed by atoms with van der Waals surface area (Å²) in [6.07, 6.45) is 3.32. The Morgan fingerprint density at radius 1 is 0.628 bits per heavy atom. The number of Topliss-reactive ketones (excluding diaryl/α,β-unsaturated/α-hetero) is 2. The van der Waals surface area contributed by atoms with Crippen molar-refractivity contribution in [2.24, 2.45) is 11.7 Å². The van der Waals surface area contributed by atoms with E-state index in [2.05, 4.69) is 44.5 Å². The molecule has 0 aliphatic heterocycles. The maximum Gasteiger partial charge on any atom is 0.329 e. The number of amides is 6. The van der Waals surface area contributed by atoms with Gasteiger partial charge in [-0.1, -0.05) is 86.3 Å². The van der Waals surface area contributed by atoms with Crippen LogP contribution in [-0.2, 0) is 70.3 Å². The number of thiol groups is 1. The van der Waals surface area contributed by atoms with E-state index in [1.165, 1.54) is 13.8 Å². The van der Waals surface area contributed by atoms with Gasteiger partial charge < -0.3 is 62.8 Å². The molecule has 78 heavy (non-hydrogen) atoms. The second-order valence-electron chi connectivity index (χ2n) is 19.4. The lowest BCUT2D eigenvalue weighted by atomic mass is 9.91. The van der Waals surface area contributed by atoms with Crippen molar-refractivity contribution in [1.82, 2.24) is 31.9 Å². The normalized spacial score (nSPS) is 14.4. The van der Waals surface area contributed by atoms with Gasteiger partial charge in [0.25, 0.3) is 6.47 Å². The van der Waals surface area contributed by atoms with Crippen molar-refractivity contribution in [2.45, 2.75) is 165 Å². The van der Waals surface area contributed by atoms with Gasteiger partial charge in [0.15, 0.2) is 11.5 Å². The number of carboxylic acids is 4. The first kappa shape index (κ1) is 66.7. The first-order chi connectivity index (χ1) is 36.9. The van der Waals surface area contributed by atoms with E-state index in [0.29, 0.717) is 25.7 Å². The summed E-state index contributed by atoms with van der Waals surface area (Å²) in [5.41, 5.74) is 4.08. The molecule has 24 nitrogen and oxygen atoms in total. The number of ketones is 2. The van der Waals surface area contributed by atoms with Crippen LogP contribution in [0.2, 0.25) is 0 Å². The fourth-order valence-electron chi connectivity index (χ4n) is 8.03. The molecular weight excluding hydrogens is 1040 g/mol. The fourth-order valence-corrected chi connectivity index (χ4v) is 8.28. The van der Waals surface area contributed by atoms with E-state index in [-0.39, 0.29) is 93.9 Å². The first-order valence-corrected chi connectivity index (χ1v) is 26.3. The number of aliphatic carboxylic acids is 4. The Morgan fingerprint density at radius 3 is 1.76 bits per heavy atom. The van der Waals surface area contributed by atoms with Crippen LogP contribution in [0.1, 0.15) is 128 Å². The van der Waals surface area contributed by atoms with E-state index in [1.54, 1.807) is 12.1 Å². The van der Waals surface area contributed by atoms with Crippen LogP contribution in [0.3, 0.4) is 0 Å². The monoisotopic (exact) mass is 1110 g/mol. The average molecular weight is 1110 g/mol. The molecule has 25 heteroatoms. The van der Waals surface area contributed by atoms with Gasteiger partial charge in [-0.05, 0) is 69.9 Å². The van der Waals surface area contributed by atoms with Crippen LogP contribution in [0, 0.1) is 5.92 Å². The van der Waals surface area contributed by atoms with Gasteiger partial charge in [0.05, 0.1) is 18.9 Å². The minimum atomic E-state index is -1.87. The summed E-state index contributed by atoms with van der Waals surface area (Å²) >= 11 is 3.86. The van der Waals surface area contributed by atoms with Crippen molar-refractivity contribution in [3.8, 4) is 0 Å². The minimum Gasteiger partial charge on any atom is -0.481 e. The van der Waals surface area contributed by atoms with Gasteiger partial charge in [-0.2, -0.15) is 12.6 Å². The molecule has 7 atom stereocenters. The van der Waals surface area contributed by atoms with Crippen molar-refractivity contribution in [3.05, 3.63) is 71.8 Å². The summed E-state index contributed by atoms with van der Waals surface area (Å²) in [6, 6.07) is 11.7. The number of hydrogen-bond acceptors (Lipinski definition) is 15. The molecule has 12 N–H and O–H groups in total. The molecule has 0 aromatic heterocycles. The van der Waals surface area contributed by atoms with Crippen LogP contribution in [0.15, 0.2) is 60.7 Å². The maximum atomic E-state index is 13.8. The van der Waals surface area contributed by atoms with E-state index in [4.69, 9.17) is 15.6 Å². The average Bonchev–Trinajstić information content (AvgIpc) is 3.38. The molecule has 2 aromatic carbocycles. The number of benzene rings is 2. The number of nitrogens with one attached hydrogen (secondary N) is 6. The molecule has 0 saturated carbocycles. The molecule has 0 aliphatic carbocycles. The standard InChI is InChI=1S/C53H75N7O17S/c1-52(50(74)75,59-51(76)60-53(2,77-33-61)27-25-44(65)66)26-24-37(62)21-13-5-3-4-6-14-23-43(64)56-39(29-35-18-11-8-12-19-35)42(63)22-15-20-36(28-34-16-9-7-10-17-34)46(69)55-31-38(54)47(70)57-40(30-45(67)68)48(71)58-41(32-78)49(72)73/h7-12,16-19,33,36,38-41,78H,3-6,13-15,20-32,54H2,1-2H3,(H,55,69)(H,56,64)(H,57,70)(H,58,71)(H,65,66)(H,67,68)(H,72,73)(H,74,75)(H2,59,60,76)/t36-,38-,39-,40-,41-,52-,53+/m0/s1. The van der Waals surface area contributed by atoms with Crippen molar-refractivity contribution in [3.63, 3.8) is 0 Å². The van der Waals surface area contributed by atoms with Crippen LogP contribution in [0.5, 0.6) is 0 Å². The number of carbonyl (C=O) groups excluding carboxylic acids is 8. The van der Waals surface area contributed by atoms with Gasteiger partial charge >= 0.3 is 29.9 Å². The third-order valence-corrected chi connectivity index (χ3v) is 13.1. The number of ether oxygens (including phenoxy) is 1. The second kappa shape index (κ2) is 35.1. The third kappa shape index (κ3) is 26.6. The number of nitrogens with two attached hydrogens (primary N) is 1. The zero-order valence-electron chi connectivity index (χ0n) is 44.0.